The van der Waals surface area contributed by atoms with Crippen molar-refractivity contribution in [3.8, 4) is 5.75 Å². The Morgan fingerprint density at radius 3 is 2.83 bits per heavy atom. The number of carbonyl (C=O) groups is 2. The molecule has 0 aliphatic carbocycles. The maximum absolute atomic E-state index is 12.5. The largest absolute Gasteiger partial charge is 0.495 e. The number of carbonyl (C=O) groups excluding carboxylic acids is 2. The van der Waals surface area contributed by atoms with E-state index in [-0.39, 0.29) is 5.56 Å². The van der Waals surface area contributed by atoms with Crippen molar-refractivity contribution in [3.05, 3.63) is 64.6 Å². The molecule has 2 aromatic heterocycles. The number of methoxy groups -OCH3 is 1. The van der Waals surface area contributed by atoms with Crippen LogP contribution in [0.1, 0.15) is 21.8 Å². The highest BCUT2D eigenvalue weighted by molar-refractivity contribution is 7.98. The summed E-state index contributed by atoms with van der Waals surface area (Å²) >= 11 is 7.26. The SMILES string of the molecule is COc1ccc(Cl)cc1NC(=O)COC(=O)c1cccnc1SCc1cc(C)on1. The van der Waals surface area contributed by atoms with Crippen molar-refractivity contribution in [2.45, 2.75) is 17.7 Å². The number of nitrogens with zero attached hydrogens (tertiary/aromatic N) is 2. The van der Waals surface area contributed by atoms with Gasteiger partial charge >= 0.3 is 5.97 Å². The number of hydrogen-bond acceptors (Lipinski definition) is 8. The molecule has 0 saturated heterocycles. The van der Waals surface area contributed by atoms with Crippen LogP contribution in [0.5, 0.6) is 5.75 Å². The average molecular weight is 448 g/mol. The minimum atomic E-state index is -0.657. The third-order valence-electron chi connectivity index (χ3n) is 3.79. The molecule has 10 heteroatoms. The predicted molar refractivity (Wildman–Crippen MR) is 112 cm³/mol. The molecule has 0 atom stereocenters. The number of nitrogens with one attached hydrogen (secondary N) is 1. The van der Waals surface area contributed by atoms with Crippen molar-refractivity contribution < 1.29 is 23.6 Å². The lowest BCUT2D eigenvalue weighted by Crippen LogP contribution is -2.21. The number of ether oxygens (including phenoxy) is 2. The monoisotopic (exact) mass is 447 g/mol. The maximum Gasteiger partial charge on any atom is 0.341 e. The maximum atomic E-state index is 12.5. The lowest BCUT2D eigenvalue weighted by Gasteiger charge is -2.11. The Hall–Kier alpha value is -3.04. The van der Waals surface area contributed by atoms with Crippen LogP contribution < -0.4 is 10.1 Å². The second-order valence-electron chi connectivity index (χ2n) is 6.04. The first kappa shape index (κ1) is 21.7. The fraction of sp³-hybridized carbons (Fsp3) is 0.200. The van der Waals surface area contributed by atoms with Crippen LogP contribution in [0.2, 0.25) is 5.02 Å². The van der Waals surface area contributed by atoms with Crippen molar-refractivity contribution in [2.24, 2.45) is 0 Å². The van der Waals surface area contributed by atoms with Crippen LogP contribution in [0, 0.1) is 6.92 Å². The summed E-state index contributed by atoms with van der Waals surface area (Å²) in [6.45, 7) is 1.32. The van der Waals surface area contributed by atoms with Crippen LogP contribution in [-0.2, 0) is 15.3 Å². The Balaban J connectivity index is 1.59. The van der Waals surface area contributed by atoms with Gasteiger partial charge in [0.05, 0.1) is 24.1 Å². The highest BCUT2D eigenvalue weighted by atomic mass is 35.5. The number of thioether (sulfide) groups is 1. The van der Waals surface area contributed by atoms with Gasteiger partial charge in [-0.1, -0.05) is 28.5 Å². The zero-order valence-corrected chi connectivity index (χ0v) is 17.7. The van der Waals surface area contributed by atoms with Gasteiger partial charge in [0, 0.05) is 23.0 Å². The molecule has 156 valence electrons. The van der Waals surface area contributed by atoms with Crippen LogP contribution in [0.15, 0.2) is 52.1 Å². The van der Waals surface area contributed by atoms with Crippen LogP contribution in [0.4, 0.5) is 5.69 Å². The van der Waals surface area contributed by atoms with E-state index in [0.29, 0.717) is 33.0 Å². The smallest absolute Gasteiger partial charge is 0.341 e. The van der Waals surface area contributed by atoms with Crippen molar-refractivity contribution >= 4 is 40.9 Å². The molecule has 0 radical (unpaired) electrons. The van der Waals surface area contributed by atoms with Gasteiger partial charge in [-0.05, 0) is 37.3 Å². The number of hydrogen-bond donors (Lipinski definition) is 1. The molecule has 8 nitrogen and oxygen atoms in total. The van der Waals surface area contributed by atoms with Crippen LogP contribution >= 0.6 is 23.4 Å². The van der Waals surface area contributed by atoms with Gasteiger partial charge in [0.2, 0.25) is 0 Å². The van der Waals surface area contributed by atoms with Gasteiger partial charge in [-0.3, -0.25) is 4.79 Å². The number of anilines is 1. The normalized spacial score (nSPS) is 10.5. The molecule has 0 unspecified atom stereocenters. The molecule has 0 aliphatic heterocycles. The molecule has 1 N–H and O–H groups in total. The number of aryl methyl sites for hydroxylation is 1. The second-order valence-corrected chi connectivity index (χ2v) is 7.44. The summed E-state index contributed by atoms with van der Waals surface area (Å²) in [5, 5.41) is 7.43. The molecule has 3 aromatic rings. The van der Waals surface area contributed by atoms with Crippen LogP contribution in [0.3, 0.4) is 0 Å². The van der Waals surface area contributed by atoms with Gasteiger partial charge in [0.1, 0.15) is 16.5 Å². The first-order chi connectivity index (χ1) is 14.5. The second kappa shape index (κ2) is 10.1. The number of benzene rings is 1. The summed E-state index contributed by atoms with van der Waals surface area (Å²) < 4.78 is 15.4. The number of esters is 1. The average Bonchev–Trinajstić information content (AvgIpc) is 3.16. The molecule has 0 bridgehead atoms. The van der Waals surface area contributed by atoms with E-state index in [1.807, 2.05) is 6.07 Å². The first-order valence-electron chi connectivity index (χ1n) is 8.77. The number of aromatic nitrogens is 2. The summed E-state index contributed by atoms with van der Waals surface area (Å²) in [6.07, 6.45) is 1.57. The Morgan fingerprint density at radius 2 is 2.10 bits per heavy atom. The molecule has 3 rings (SSSR count). The van der Waals surface area contributed by atoms with Gasteiger partial charge < -0.3 is 19.3 Å². The fourth-order valence-electron chi connectivity index (χ4n) is 2.46. The minimum Gasteiger partial charge on any atom is -0.495 e. The highest BCUT2D eigenvalue weighted by Gasteiger charge is 2.17. The van der Waals surface area contributed by atoms with Crippen molar-refractivity contribution in [1.29, 1.82) is 0 Å². The van der Waals surface area contributed by atoms with Gasteiger partial charge in [-0.25, -0.2) is 9.78 Å². The van der Waals surface area contributed by atoms with E-state index in [1.54, 1.807) is 43.5 Å². The first-order valence-corrected chi connectivity index (χ1v) is 10.1. The molecule has 2 heterocycles. The van der Waals surface area contributed by atoms with E-state index < -0.39 is 18.5 Å². The third kappa shape index (κ3) is 5.74. The van der Waals surface area contributed by atoms with E-state index in [1.165, 1.54) is 18.9 Å². The van der Waals surface area contributed by atoms with Crippen molar-refractivity contribution in [1.82, 2.24) is 10.1 Å². The lowest BCUT2D eigenvalue weighted by molar-refractivity contribution is -0.119. The Morgan fingerprint density at radius 1 is 1.27 bits per heavy atom. The van der Waals surface area contributed by atoms with Gasteiger partial charge in [-0.15, -0.1) is 0 Å². The molecule has 0 fully saturated rings. The Bertz CT molecular complexity index is 1060. The minimum absolute atomic E-state index is 0.260. The molecule has 1 aromatic carbocycles. The third-order valence-corrected chi connectivity index (χ3v) is 5.07. The summed E-state index contributed by atoms with van der Waals surface area (Å²) in [4.78, 5) is 28.9. The summed E-state index contributed by atoms with van der Waals surface area (Å²) in [7, 11) is 1.47. The molecule has 0 saturated carbocycles. The molecular formula is C20H18ClN3O5S. The van der Waals surface area contributed by atoms with Crippen molar-refractivity contribution in [2.75, 3.05) is 19.0 Å². The van der Waals surface area contributed by atoms with E-state index in [0.717, 1.165) is 5.69 Å². The van der Waals surface area contributed by atoms with Crippen LogP contribution in [0.25, 0.3) is 0 Å². The van der Waals surface area contributed by atoms with Crippen LogP contribution in [-0.4, -0.2) is 35.7 Å². The summed E-state index contributed by atoms with van der Waals surface area (Å²) in [5.74, 6) is 0.431. The van der Waals surface area contributed by atoms with E-state index in [9.17, 15) is 9.59 Å². The van der Waals surface area contributed by atoms with Gasteiger partial charge in [-0.2, -0.15) is 0 Å². The summed E-state index contributed by atoms with van der Waals surface area (Å²) in [6, 6.07) is 9.82. The van der Waals surface area contributed by atoms with Gasteiger partial charge in [0.15, 0.2) is 6.61 Å². The zero-order valence-electron chi connectivity index (χ0n) is 16.2. The number of rotatable bonds is 8. The number of amides is 1. The molecule has 0 aliphatic rings. The molecular weight excluding hydrogens is 430 g/mol. The quantitative estimate of drug-likeness (QED) is 0.406. The van der Waals surface area contributed by atoms with E-state index in [4.69, 9.17) is 25.6 Å². The fourth-order valence-corrected chi connectivity index (χ4v) is 3.50. The van der Waals surface area contributed by atoms with Crippen molar-refractivity contribution in [3.63, 3.8) is 0 Å². The number of pyridine rings is 1. The lowest BCUT2D eigenvalue weighted by atomic mass is 10.3. The molecule has 0 spiro atoms. The Kier molecular flexibility index (Phi) is 7.31. The standard InChI is InChI=1S/C20H18ClN3O5S/c1-12-8-14(24-29-12)11-30-19-15(4-3-7-22-19)20(26)28-10-18(25)23-16-9-13(21)5-6-17(16)27-2/h3-9H,10-11H2,1-2H3,(H,23,25). The molecule has 1 amide bonds. The topological polar surface area (TPSA) is 104 Å². The van der Waals surface area contributed by atoms with Gasteiger partial charge in [0.25, 0.3) is 5.91 Å². The predicted octanol–water partition coefficient (Wildman–Crippen LogP) is 4.13. The summed E-state index contributed by atoms with van der Waals surface area (Å²) in [5.41, 5.74) is 1.37. The number of halogens is 1. The van der Waals surface area contributed by atoms with E-state index in [2.05, 4.69) is 15.5 Å². The Labute approximate surface area is 181 Å². The highest BCUT2D eigenvalue weighted by Crippen LogP contribution is 2.28. The van der Waals surface area contributed by atoms with E-state index >= 15 is 0 Å². The molecule has 30 heavy (non-hydrogen) atoms. The zero-order chi connectivity index (χ0) is 21.5.